The van der Waals surface area contributed by atoms with E-state index in [4.69, 9.17) is 16.3 Å². The summed E-state index contributed by atoms with van der Waals surface area (Å²) in [7, 11) is 1.71. The fourth-order valence-corrected chi connectivity index (χ4v) is 2.65. The molecule has 1 aromatic heterocycles. The molecule has 21 heavy (non-hydrogen) atoms. The van der Waals surface area contributed by atoms with Crippen LogP contribution in [0.3, 0.4) is 0 Å². The summed E-state index contributed by atoms with van der Waals surface area (Å²) < 4.78 is 7.40. The van der Waals surface area contributed by atoms with Gasteiger partial charge >= 0.3 is 0 Å². The van der Waals surface area contributed by atoms with Crippen LogP contribution in [-0.2, 0) is 12.8 Å². The average Bonchev–Trinajstić information content (AvgIpc) is 2.96. The molecule has 0 N–H and O–H groups in total. The summed E-state index contributed by atoms with van der Waals surface area (Å²) in [5.74, 6) is 1.91. The van der Waals surface area contributed by atoms with Crippen molar-refractivity contribution in [3.63, 3.8) is 0 Å². The molecule has 0 saturated heterocycles. The molecule has 0 aliphatic rings. The van der Waals surface area contributed by atoms with Crippen molar-refractivity contribution in [3.05, 3.63) is 47.8 Å². The van der Waals surface area contributed by atoms with E-state index in [0.717, 1.165) is 24.3 Å². The summed E-state index contributed by atoms with van der Waals surface area (Å²) >= 11 is 6.16. The van der Waals surface area contributed by atoms with E-state index in [9.17, 15) is 0 Å². The van der Waals surface area contributed by atoms with Crippen LogP contribution in [0, 0.1) is 5.92 Å². The minimum atomic E-state index is 0.360. The summed E-state index contributed by atoms with van der Waals surface area (Å²) in [5, 5.41) is 4.61. The number of hydrogen-bond acceptors (Lipinski definition) is 2. The zero-order valence-corrected chi connectivity index (χ0v) is 13.7. The number of ether oxygens (including phenoxy) is 1. The van der Waals surface area contributed by atoms with Crippen LogP contribution in [-0.4, -0.2) is 22.8 Å². The normalized spacial score (nSPS) is 12.6. The van der Waals surface area contributed by atoms with E-state index in [1.165, 1.54) is 5.56 Å². The fourth-order valence-electron chi connectivity index (χ4n) is 2.43. The topological polar surface area (TPSA) is 27.1 Å². The van der Waals surface area contributed by atoms with Crippen molar-refractivity contribution in [1.82, 2.24) is 9.78 Å². The molecule has 1 atom stereocenters. The van der Waals surface area contributed by atoms with Crippen LogP contribution in [0.1, 0.15) is 31.1 Å². The van der Waals surface area contributed by atoms with E-state index in [1.54, 1.807) is 7.11 Å². The molecule has 0 spiro atoms. The van der Waals surface area contributed by atoms with Crippen molar-refractivity contribution in [2.75, 3.05) is 13.0 Å². The first-order valence-corrected chi connectivity index (χ1v) is 7.89. The van der Waals surface area contributed by atoms with Crippen molar-refractivity contribution in [2.45, 2.75) is 32.7 Å². The van der Waals surface area contributed by atoms with Gasteiger partial charge in [-0.2, -0.15) is 5.10 Å². The van der Waals surface area contributed by atoms with E-state index in [2.05, 4.69) is 31.1 Å². The van der Waals surface area contributed by atoms with Crippen LogP contribution < -0.4 is 4.74 Å². The molecule has 0 saturated carbocycles. The highest BCUT2D eigenvalue weighted by Crippen LogP contribution is 2.23. The van der Waals surface area contributed by atoms with Gasteiger partial charge < -0.3 is 4.74 Å². The molecular weight excluding hydrogens is 284 g/mol. The van der Waals surface area contributed by atoms with Gasteiger partial charge in [-0.3, -0.25) is 4.68 Å². The quantitative estimate of drug-likeness (QED) is 0.720. The van der Waals surface area contributed by atoms with Crippen LogP contribution >= 0.6 is 11.6 Å². The first-order valence-electron chi connectivity index (χ1n) is 7.36. The average molecular weight is 307 g/mol. The first kappa shape index (κ1) is 15.9. The Kier molecular flexibility index (Phi) is 5.68. The van der Waals surface area contributed by atoms with Gasteiger partial charge in [0.1, 0.15) is 5.75 Å². The number of alkyl halides is 1. The van der Waals surface area contributed by atoms with E-state index in [1.807, 2.05) is 29.1 Å². The third-order valence-electron chi connectivity index (χ3n) is 3.61. The van der Waals surface area contributed by atoms with Crippen molar-refractivity contribution >= 4 is 11.6 Å². The largest absolute Gasteiger partial charge is 0.496 e. The lowest BCUT2D eigenvalue weighted by molar-refractivity contribution is 0.405. The van der Waals surface area contributed by atoms with Gasteiger partial charge in [-0.15, -0.1) is 11.6 Å². The van der Waals surface area contributed by atoms with Crippen LogP contribution in [0.5, 0.6) is 5.75 Å². The number of rotatable bonds is 7. The maximum Gasteiger partial charge on any atom is 0.122 e. The molecule has 1 aromatic carbocycles. The predicted octanol–water partition coefficient (Wildman–Crippen LogP) is 4.11. The lowest BCUT2D eigenvalue weighted by atomic mass is 9.96. The molecule has 114 valence electrons. The monoisotopic (exact) mass is 306 g/mol. The number of nitrogens with zero attached hydrogens (tertiary/aromatic N) is 2. The van der Waals surface area contributed by atoms with Crippen molar-refractivity contribution in [3.8, 4) is 5.75 Å². The van der Waals surface area contributed by atoms with Gasteiger partial charge in [-0.25, -0.2) is 0 Å². The molecule has 0 amide bonds. The second-order valence-electron chi connectivity index (χ2n) is 5.62. The maximum absolute atomic E-state index is 6.16. The Balaban J connectivity index is 2.05. The summed E-state index contributed by atoms with van der Waals surface area (Å²) in [6.45, 7) is 4.26. The standard InChI is InChI=1S/C17H23ClN2O/c1-13(2)20-9-8-16(19-20)11-14(12-18)10-15-6-4-5-7-17(15)21-3/h4-9,13-14H,10-12H2,1-3H3. The Morgan fingerprint density at radius 3 is 2.57 bits per heavy atom. The molecule has 0 aliphatic heterocycles. The number of hydrogen-bond donors (Lipinski definition) is 0. The zero-order chi connectivity index (χ0) is 15.2. The molecule has 0 aliphatic carbocycles. The van der Waals surface area contributed by atoms with Crippen molar-refractivity contribution in [2.24, 2.45) is 5.92 Å². The fraction of sp³-hybridized carbons (Fsp3) is 0.471. The van der Waals surface area contributed by atoms with Gasteiger partial charge in [0.2, 0.25) is 0 Å². The smallest absolute Gasteiger partial charge is 0.122 e. The Morgan fingerprint density at radius 1 is 1.19 bits per heavy atom. The third-order valence-corrected chi connectivity index (χ3v) is 4.05. The lowest BCUT2D eigenvalue weighted by Crippen LogP contribution is -2.12. The van der Waals surface area contributed by atoms with Crippen molar-refractivity contribution in [1.29, 1.82) is 0 Å². The number of para-hydroxylation sites is 1. The SMILES string of the molecule is COc1ccccc1CC(CCl)Cc1ccn(C(C)C)n1. The van der Waals surface area contributed by atoms with Crippen molar-refractivity contribution < 1.29 is 4.74 Å². The summed E-state index contributed by atoms with van der Waals surface area (Å²) in [5.41, 5.74) is 2.30. The second kappa shape index (κ2) is 7.51. The lowest BCUT2D eigenvalue weighted by Gasteiger charge is -2.15. The zero-order valence-electron chi connectivity index (χ0n) is 12.9. The van der Waals surface area contributed by atoms with E-state index >= 15 is 0 Å². The maximum atomic E-state index is 6.16. The molecule has 2 rings (SSSR count). The number of methoxy groups -OCH3 is 1. The molecule has 0 bridgehead atoms. The Labute approximate surface area is 131 Å². The summed E-state index contributed by atoms with van der Waals surface area (Å²) in [6, 6.07) is 10.6. The van der Waals surface area contributed by atoms with E-state index < -0.39 is 0 Å². The minimum Gasteiger partial charge on any atom is -0.496 e. The first-order chi connectivity index (χ1) is 10.1. The Bertz CT molecular complexity index is 565. The molecular formula is C17H23ClN2O. The molecule has 4 heteroatoms. The van der Waals surface area contributed by atoms with Gasteiger partial charge in [0.15, 0.2) is 0 Å². The summed E-state index contributed by atoms with van der Waals surface area (Å²) in [6.07, 6.45) is 3.83. The van der Waals surface area contributed by atoms with Crippen LogP contribution in [0.25, 0.3) is 0 Å². The van der Waals surface area contributed by atoms with E-state index in [0.29, 0.717) is 17.8 Å². The second-order valence-corrected chi connectivity index (χ2v) is 5.93. The predicted molar refractivity (Wildman–Crippen MR) is 87.2 cm³/mol. The van der Waals surface area contributed by atoms with Crippen LogP contribution in [0.2, 0.25) is 0 Å². The highest BCUT2D eigenvalue weighted by Gasteiger charge is 2.14. The Morgan fingerprint density at radius 2 is 1.95 bits per heavy atom. The molecule has 1 heterocycles. The molecule has 2 aromatic rings. The van der Waals surface area contributed by atoms with E-state index in [-0.39, 0.29) is 0 Å². The molecule has 3 nitrogen and oxygen atoms in total. The highest BCUT2D eigenvalue weighted by molar-refractivity contribution is 6.18. The minimum absolute atomic E-state index is 0.360. The van der Waals surface area contributed by atoms with Crippen LogP contribution in [0.15, 0.2) is 36.5 Å². The van der Waals surface area contributed by atoms with Gasteiger partial charge in [0.25, 0.3) is 0 Å². The van der Waals surface area contributed by atoms with Gasteiger partial charge in [0.05, 0.1) is 12.8 Å². The van der Waals surface area contributed by atoms with Gasteiger partial charge in [-0.1, -0.05) is 18.2 Å². The highest BCUT2D eigenvalue weighted by atomic mass is 35.5. The molecule has 0 radical (unpaired) electrons. The number of benzene rings is 1. The number of aromatic nitrogens is 2. The van der Waals surface area contributed by atoms with Gasteiger partial charge in [0, 0.05) is 18.1 Å². The molecule has 1 unspecified atom stereocenters. The number of halogens is 1. The van der Waals surface area contributed by atoms with Gasteiger partial charge in [-0.05, 0) is 50.3 Å². The molecule has 0 fully saturated rings. The van der Waals surface area contributed by atoms with Crippen LogP contribution in [0.4, 0.5) is 0 Å². The third kappa shape index (κ3) is 4.24. The Hall–Kier alpha value is -1.48. The summed E-state index contributed by atoms with van der Waals surface area (Å²) in [4.78, 5) is 0.